The summed E-state index contributed by atoms with van der Waals surface area (Å²) >= 11 is 1.59. The van der Waals surface area contributed by atoms with Gasteiger partial charge in [-0.3, -0.25) is 9.59 Å². The van der Waals surface area contributed by atoms with E-state index in [1.54, 1.807) is 11.8 Å². The predicted octanol–water partition coefficient (Wildman–Crippen LogP) is 2.18. The van der Waals surface area contributed by atoms with Gasteiger partial charge >= 0.3 is 0 Å². The maximum atomic E-state index is 12.0. The van der Waals surface area contributed by atoms with Crippen LogP contribution >= 0.6 is 11.8 Å². The van der Waals surface area contributed by atoms with Crippen molar-refractivity contribution in [3.63, 3.8) is 0 Å². The SMILES string of the molecule is O=C(CCCN1C(=O)CSc2ccccc21)NC1CC1. The zero-order valence-electron chi connectivity index (χ0n) is 11.3. The number of anilines is 1. The Balaban J connectivity index is 1.56. The molecule has 2 aliphatic rings. The van der Waals surface area contributed by atoms with Crippen molar-refractivity contribution in [3.05, 3.63) is 24.3 Å². The maximum Gasteiger partial charge on any atom is 0.237 e. The molecule has 4 nitrogen and oxygen atoms in total. The average molecular weight is 290 g/mol. The van der Waals surface area contributed by atoms with Gasteiger partial charge in [-0.2, -0.15) is 0 Å². The Morgan fingerprint density at radius 2 is 2.15 bits per heavy atom. The lowest BCUT2D eigenvalue weighted by atomic mass is 10.2. The van der Waals surface area contributed by atoms with Crippen molar-refractivity contribution in [1.82, 2.24) is 5.32 Å². The standard InChI is InChI=1S/C15H18N2O2S/c18-14(16-11-7-8-11)6-3-9-17-12-4-1-2-5-13(12)20-10-15(17)19/h1-2,4-5,11H,3,6-10H2,(H,16,18). The molecule has 2 amide bonds. The third-order valence-corrected chi connectivity index (χ3v) is 4.58. The van der Waals surface area contributed by atoms with Crippen LogP contribution < -0.4 is 10.2 Å². The van der Waals surface area contributed by atoms with Gasteiger partial charge in [-0.05, 0) is 31.4 Å². The third kappa shape index (κ3) is 3.15. The van der Waals surface area contributed by atoms with Gasteiger partial charge in [-0.1, -0.05) is 12.1 Å². The van der Waals surface area contributed by atoms with Crippen LogP contribution in [0.4, 0.5) is 5.69 Å². The monoisotopic (exact) mass is 290 g/mol. The fourth-order valence-corrected chi connectivity index (χ4v) is 3.26. The fourth-order valence-electron chi connectivity index (χ4n) is 2.32. The van der Waals surface area contributed by atoms with Crippen LogP contribution in [0.1, 0.15) is 25.7 Å². The van der Waals surface area contributed by atoms with Gasteiger partial charge < -0.3 is 10.2 Å². The summed E-state index contributed by atoms with van der Waals surface area (Å²) in [5, 5.41) is 2.98. The molecule has 20 heavy (non-hydrogen) atoms. The van der Waals surface area contributed by atoms with Gasteiger partial charge in [0.25, 0.3) is 0 Å². The van der Waals surface area contributed by atoms with E-state index in [4.69, 9.17) is 0 Å². The number of hydrogen-bond donors (Lipinski definition) is 1. The number of thioether (sulfide) groups is 1. The summed E-state index contributed by atoms with van der Waals surface area (Å²) in [6.45, 7) is 0.620. The molecular weight excluding hydrogens is 272 g/mol. The zero-order valence-corrected chi connectivity index (χ0v) is 12.1. The first-order valence-electron chi connectivity index (χ1n) is 7.05. The van der Waals surface area contributed by atoms with Crippen LogP contribution in [0.5, 0.6) is 0 Å². The second-order valence-electron chi connectivity index (χ2n) is 5.25. The average Bonchev–Trinajstić information content (AvgIpc) is 3.25. The molecule has 1 heterocycles. The summed E-state index contributed by atoms with van der Waals surface area (Å²) in [6.07, 6.45) is 3.43. The predicted molar refractivity (Wildman–Crippen MR) is 79.9 cm³/mol. The van der Waals surface area contributed by atoms with Gasteiger partial charge in [-0.25, -0.2) is 0 Å². The summed E-state index contributed by atoms with van der Waals surface area (Å²) in [7, 11) is 0. The number of para-hydroxylation sites is 1. The second-order valence-corrected chi connectivity index (χ2v) is 6.26. The van der Waals surface area contributed by atoms with Crippen molar-refractivity contribution in [2.24, 2.45) is 0 Å². The van der Waals surface area contributed by atoms with Crippen LogP contribution in [0.2, 0.25) is 0 Å². The van der Waals surface area contributed by atoms with Crippen molar-refractivity contribution in [3.8, 4) is 0 Å². The molecule has 0 radical (unpaired) electrons. The lowest BCUT2D eigenvalue weighted by Crippen LogP contribution is -2.36. The Labute approximate surface area is 122 Å². The normalized spacial score (nSPS) is 17.8. The highest BCUT2D eigenvalue weighted by Crippen LogP contribution is 2.34. The highest BCUT2D eigenvalue weighted by atomic mass is 32.2. The maximum absolute atomic E-state index is 12.0. The van der Waals surface area contributed by atoms with Crippen LogP contribution in [0, 0.1) is 0 Å². The second kappa shape index (κ2) is 5.87. The highest BCUT2D eigenvalue weighted by molar-refractivity contribution is 8.00. The van der Waals surface area contributed by atoms with Crippen LogP contribution in [0.25, 0.3) is 0 Å². The Hall–Kier alpha value is -1.49. The molecule has 0 spiro atoms. The van der Waals surface area contributed by atoms with E-state index in [9.17, 15) is 9.59 Å². The van der Waals surface area contributed by atoms with E-state index in [0.717, 1.165) is 23.4 Å². The minimum Gasteiger partial charge on any atom is -0.353 e. The molecule has 5 heteroatoms. The van der Waals surface area contributed by atoms with Crippen molar-refractivity contribution in [2.75, 3.05) is 17.2 Å². The fraction of sp³-hybridized carbons (Fsp3) is 0.467. The molecular formula is C15H18N2O2S. The van der Waals surface area contributed by atoms with Crippen LogP contribution in [-0.4, -0.2) is 30.2 Å². The first-order chi connectivity index (χ1) is 9.74. The molecule has 0 aromatic heterocycles. The lowest BCUT2D eigenvalue weighted by Gasteiger charge is -2.28. The molecule has 0 unspecified atom stereocenters. The van der Waals surface area contributed by atoms with Crippen molar-refractivity contribution in [1.29, 1.82) is 0 Å². The minimum absolute atomic E-state index is 0.111. The quantitative estimate of drug-likeness (QED) is 0.904. The highest BCUT2D eigenvalue weighted by Gasteiger charge is 2.25. The van der Waals surface area contributed by atoms with Crippen molar-refractivity contribution in [2.45, 2.75) is 36.6 Å². The Morgan fingerprint density at radius 1 is 1.35 bits per heavy atom. The Kier molecular flexibility index (Phi) is 3.96. The lowest BCUT2D eigenvalue weighted by molar-refractivity contribution is -0.121. The van der Waals surface area contributed by atoms with Crippen LogP contribution in [0.15, 0.2) is 29.2 Å². The molecule has 106 valence electrons. The minimum atomic E-state index is 0.111. The molecule has 0 atom stereocenters. The molecule has 0 bridgehead atoms. The van der Waals surface area contributed by atoms with Gasteiger partial charge in [0.1, 0.15) is 0 Å². The van der Waals surface area contributed by atoms with Crippen molar-refractivity contribution >= 4 is 29.3 Å². The van der Waals surface area contributed by atoms with E-state index in [-0.39, 0.29) is 11.8 Å². The molecule has 1 fully saturated rings. The number of carbonyl (C=O) groups is 2. The van der Waals surface area contributed by atoms with Crippen LogP contribution in [0.3, 0.4) is 0 Å². The van der Waals surface area contributed by atoms with Crippen LogP contribution in [-0.2, 0) is 9.59 Å². The number of carbonyl (C=O) groups excluding carboxylic acids is 2. The number of nitrogens with one attached hydrogen (secondary N) is 1. The van der Waals surface area contributed by atoms with Gasteiger partial charge in [-0.15, -0.1) is 11.8 Å². The first-order valence-corrected chi connectivity index (χ1v) is 8.04. The van der Waals surface area contributed by atoms with E-state index in [2.05, 4.69) is 5.32 Å². The Bertz CT molecular complexity index is 528. The molecule has 1 aliphatic heterocycles. The van der Waals surface area contributed by atoms with E-state index in [1.807, 2.05) is 29.2 Å². The van der Waals surface area contributed by atoms with E-state index >= 15 is 0 Å². The summed E-state index contributed by atoms with van der Waals surface area (Å²) in [4.78, 5) is 26.6. The summed E-state index contributed by atoms with van der Waals surface area (Å²) in [5.41, 5.74) is 0.983. The van der Waals surface area contributed by atoms with E-state index in [0.29, 0.717) is 31.2 Å². The zero-order chi connectivity index (χ0) is 13.9. The van der Waals surface area contributed by atoms with Gasteiger partial charge in [0.05, 0.1) is 11.4 Å². The smallest absolute Gasteiger partial charge is 0.237 e. The Morgan fingerprint density at radius 3 is 2.95 bits per heavy atom. The molecule has 0 saturated heterocycles. The van der Waals surface area contributed by atoms with E-state index in [1.165, 1.54) is 0 Å². The first kappa shape index (κ1) is 13.5. The number of hydrogen-bond acceptors (Lipinski definition) is 3. The van der Waals surface area contributed by atoms with Gasteiger partial charge in [0, 0.05) is 23.9 Å². The summed E-state index contributed by atoms with van der Waals surface area (Å²) < 4.78 is 0. The molecule has 1 N–H and O–H groups in total. The number of fused-ring (bicyclic) bond motifs is 1. The molecule has 1 aromatic carbocycles. The number of nitrogens with zero attached hydrogens (tertiary/aromatic N) is 1. The molecule has 1 aromatic rings. The summed E-state index contributed by atoms with van der Waals surface area (Å²) in [5.74, 6) is 0.738. The molecule has 1 saturated carbocycles. The summed E-state index contributed by atoms with van der Waals surface area (Å²) in [6, 6.07) is 8.37. The number of rotatable bonds is 5. The topological polar surface area (TPSA) is 49.4 Å². The van der Waals surface area contributed by atoms with Gasteiger partial charge in [0.2, 0.25) is 11.8 Å². The molecule has 3 rings (SSSR count). The number of amides is 2. The number of benzene rings is 1. The van der Waals surface area contributed by atoms with Crippen molar-refractivity contribution < 1.29 is 9.59 Å². The largest absolute Gasteiger partial charge is 0.353 e. The van der Waals surface area contributed by atoms with E-state index < -0.39 is 0 Å². The third-order valence-electron chi connectivity index (χ3n) is 3.54. The molecule has 1 aliphatic carbocycles. The van der Waals surface area contributed by atoms with Gasteiger partial charge in [0.15, 0.2) is 0 Å².